The van der Waals surface area contributed by atoms with Crippen LogP contribution in [0, 0.1) is 29.6 Å². The van der Waals surface area contributed by atoms with E-state index in [4.69, 9.17) is 5.73 Å². The molecule has 0 heterocycles. The van der Waals surface area contributed by atoms with Gasteiger partial charge in [0.05, 0.1) is 17.5 Å². The number of carbonyl (C=O) groups excluding carboxylic acids is 5. The second-order valence-corrected chi connectivity index (χ2v) is 12.9. The van der Waals surface area contributed by atoms with E-state index in [-0.39, 0.29) is 24.2 Å². The molecule has 4 rings (SSSR count). The molecule has 3 unspecified atom stereocenters. The van der Waals surface area contributed by atoms with E-state index in [1.54, 1.807) is 26.2 Å². The van der Waals surface area contributed by atoms with E-state index in [2.05, 4.69) is 18.7 Å². The number of amides is 1. The number of phenols is 1. The molecule has 2 saturated carbocycles. The molecule has 42 heavy (non-hydrogen) atoms. The minimum atomic E-state index is -2.74. The number of nitrogens with zero attached hydrogens (tertiary/aromatic N) is 3. The van der Waals surface area contributed by atoms with Crippen molar-refractivity contribution in [3.8, 4) is 5.75 Å². The van der Waals surface area contributed by atoms with Gasteiger partial charge in [-0.1, -0.05) is 26.0 Å². The number of fused-ring (bicyclic) bond motifs is 3. The van der Waals surface area contributed by atoms with Gasteiger partial charge in [-0.25, -0.2) is 0 Å². The largest absolute Gasteiger partial charge is 0.507 e. The van der Waals surface area contributed by atoms with Crippen LogP contribution in [0.2, 0.25) is 0 Å². The molecule has 11 heteroatoms. The number of aliphatic hydroxyl groups is 1. The van der Waals surface area contributed by atoms with Crippen molar-refractivity contribution >= 4 is 40.8 Å². The van der Waals surface area contributed by atoms with Crippen LogP contribution in [-0.4, -0.2) is 109 Å². The van der Waals surface area contributed by atoms with Crippen LogP contribution in [0.25, 0.3) is 6.08 Å². The Labute approximate surface area is 246 Å². The lowest BCUT2D eigenvalue weighted by atomic mass is 9.52. The fourth-order valence-electron chi connectivity index (χ4n) is 7.26. The number of likely N-dealkylation sites (N-methyl/N-ethyl adjacent to an activating group) is 2. The molecule has 228 valence electrons. The molecular weight excluding hydrogens is 540 g/mol. The lowest BCUT2D eigenvalue weighted by Crippen LogP contribution is -2.74. The van der Waals surface area contributed by atoms with E-state index in [0.717, 1.165) is 6.54 Å². The molecule has 0 bridgehead atoms. The van der Waals surface area contributed by atoms with Crippen LogP contribution >= 0.6 is 0 Å². The number of ketones is 4. The van der Waals surface area contributed by atoms with Crippen molar-refractivity contribution in [3.63, 3.8) is 0 Å². The average molecular weight is 583 g/mol. The third-order valence-corrected chi connectivity index (χ3v) is 8.94. The zero-order valence-corrected chi connectivity index (χ0v) is 25.4. The average Bonchev–Trinajstić information content (AvgIpc) is 2.86. The minimum Gasteiger partial charge on any atom is -0.507 e. The Morgan fingerprint density at radius 1 is 1.12 bits per heavy atom. The van der Waals surface area contributed by atoms with Crippen LogP contribution in [0.15, 0.2) is 12.1 Å². The van der Waals surface area contributed by atoms with Gasteiger partial charge in [-0.15, -0.1) is 0 Å². The maximum atomic E-state index is 14.1. The quantitative estimate of drug-likeness (QED) is 0.369. The van der Waals surface area contributed by atoms with Crippen LogP contribution in [-0.2, 0) is 25.6 Å². The first-order chi connectivity index (χ1) is 19.5. The Balaban J connectivity index is 1.81. The van der Waals surface area contributed by atoms with Gasteiger partial charge in [0, 0.05) is 44.4 Å². The minimum absolute atomic E-state index is 0.0111. The van der Waals surface area contributed by atoms with Gasteiger partial charge in [0.25, 0.3) is 0 Å². The summed E-state index contributed by atoms with van der Waals surface area (Å²) >= 11 is 0. The molecule has 0 spiro atoms. The standard InChI is InChI=1S/C31H42N4O7/c1-15(2)14-35(7)10-8-9-16-13-20(33(3)4)18-11-17-12-19-24(34(5)6)27(38)23(30(32)41)29(40)31(19,42)28(39)21(17)26(37)22(18)25(16)36/h8-9,13,15,17,19,21,23-24,36,42H,10-12,14H2,1-7H3,(H2,32,41)/t17-,19-,21?,23?,24?,31-/m0/s1. The number of phenolic OH excluding ortho intramolecular Hbond substituents is 1. The lowest BCUT2D eigenvalue weighted by Gasteiger charge is -2.52. The second kappa shape index (κ2) is 11.3. The van der Waals surface area contributed by atoms with Crippen molar-refractivity contribution in [1.29, 1.82) is 0 Å². The molecule has 4 N–H and O–H groups in total. The first-order valence-electron chi connectivity index (χ1n) is 14.3. The Bertz CT molecular complexity index is 1370. The number of Topliss-reactive ketones (excluding diaryl/α,β-unsaturated/α-hetero) is 4. The van der Waals surface area contributed by atoms with Gasteiger partial charge in [-0.05, 0) is 57.5 Å². The molecular formula is C31H42N4O7. The van der Waals surface area contributed by atoms with Crippen LogP contribution in [0.1, 0.15) is 41.8 Å². The number of primary amides is 1. The van der Waals surface area contributed by atoms with Gasteiger partial charge >= 0.3 is 0 Å². The van der Waals surface area contributed by atoms with Crippen LogP contribution in [0.4, 0.5) is 5.69 Å². The monoisotopic (exact) mass is 582 g/mol. The summed E-state index contributed by atoms with van der Waals surface area (Å²) in [6, 6.07) is 0.671. The van der Waals surface area contributed by atoms with Crippen LogP contribution < -0.4 is 10.6 Å². The molecule has 1 amide bonds. The van der Waals surface area contributed by atoms with Gasteiger partial charge in [0.2, 0.25) is 5.91 Å². The van der Waals surface area contributed by atoms with Crippen molar-refractivity contribution < 1.29 is 34.2 Å². The summed E-state index contributed by atoms with van der Waals surface area (Å²) < 4.78 is 0. The molecule has 0 aliphatic heterocycles. The highest BCUT2D eigenvalue weighted by Gasteiger charge is 2.69. The molecule has 0 aromatic heterocycles. The predicted molar refractivity (Wildman–Crippen MR) is 157 cm³/mol. The zero-order valence-electron chi connectivity index (χ0n) is 25.4. The van der Waals surface area contributed by atoms with E-state index in [1.807, 2.05) is 32.1 Å². The van der Waals surface area contributed by atoms with E-state index >= 15 is 0 Å². The van der Waals surface area contributed by atoms with Crippen molar-refractivity contribution in [2.24, 2.45) is 35.3 Å². The van der Waals surface area contributed by atoms with E-state index in [0.29, 0.717) is 29.3 Å². The SMILES string of the molecule is CC(C)CN(C)CC=Cc1cc(N(C)C)c2c(c1O)C(=O)C1C(=O)[C@]3(O)C(=O)C(C(N)=O)C(=O)C(N(C)C)[C@@H]3C[C@@H]1C2. The fraction of sp³-hybridized carbons (Fsp3) is 0.581. The topological polar surface area (TPSA) is 162 Å². The molecule has 3 aliphatic rings. The summed E-state index contributed by atoms with van der Waals surface area (Å²) in [6.07, 6.45) is 3.86. The predicted octanol–water partition coefficient (Wildman–Crippen LogP) is 0.534. The van der Waals surface area contributed by atoms with Gasteiger partial charge in [-0.2, -0.15) is 0 Å². The first kappa shape index (κ1) is 31.5. The highest BCUT2D eigenvalue weighted by atomic mass is 16.3. The number of benzene rings is 1. The first-order valence-corrected chi connectivity index (χ1v) is 14.3. The molecule has 0 radical (unpaired) electrons. The fourth-order valence-corrected chi connectivity index (χ4v) is 7.26. The number of aromatic hydroxyl groups is 1. The zero-order chi connectivity index (χ0) is 31.4. The highest BCUT2D eigenvalue weighted by molar-refractivity contribution is 6.32. The molecule has 3 aliphatic carbocycles. The summed E-state index contributed by atoms with van der Waals surface area (Å²) in [7, 11) is 8.76. The van der Waals surface area contributed by atoms with E-state index < -0.39 is 64.4 Å². The van der Waals surface area contributed by atoms with Gasteiger partial charge in [0.15, 0.2) is 34.7 Å². The molecule has 1 aromatic carbocycles. The number of rotatable bonds is 8. The third kappa shape index (κ3) is 4.97. The molecule has 6 atom stereocenters. The summed E-state index contributed by atoms with van der Waals surface area (Å²) in [5.74, 6) is -10.0. The highest BCUT2D eigenvalue weighted by Crippen LogP contribution is 2.52. The van der Waals surface area contributed by atoms with Crippen molar-refractivity contribution in [2.75, 3.05) is 53.2 Å². The van der Waals surface area contributed by atoms with Crippen molar-refractivity contribution in [1.82, 2.24) is 9.80 Å². The van der Waals surface area contributed by atoms with Crippen molar-refractivity contribution in [2.45, 2.75) is 38.3 Å². The number of carbonyl (C=O) groups is 5. The van der Waals surface area contributed by atoms with Crippen molar-refractivity contribution in [3.05, 3.63) is 28.8 Å². The summed E-state index contributed by atoms with van der Waals surface area (Å²) in [6.45, 7) is 5.74. The van der Waals surface area contributed by atoms with E-state index in [1.165, 1.54) is 4.90 Å². The number of hydrogen-bond donors (Lipinski definition) is 3. The molecule has 1 aromatic rings. The smallest absolute Gasteiger partial charge is 0.235 e. The maximum absolute atomic E-state index is 14.1. The van der Waals surface area contributed by atoms with E-state index in [9.17, 15) is 34.2 Å². The summed E-state index contributed by atoms with van der Waals surface area (Å²) in [5.41, 5.74) is 4.31. The van der Waals surface area contributed by atoms with Crippen LogP contribution in [0.5, 0.6) is 5.75 Å². The maximum Gasteiger partial charge on any atom is 0.235 e. The summed E-state index contributed by atoms with van der Waals surface area (Å²) in [4.78, 5) is 72.5. The third-order valence-electron chi connectivity index (χ3n) is 8.94. The van der Waals surface area contributed by atoms with Gasteiger partial charge < -0.3 is 25.7 Å². The normalized spacial score (nSPS) is 29.4. The lowest BCUT2D eigenvalue weighted by molar-refractivity contribution is -0.181. The number of anilines is 1. The van der Waals surface area contributed by atoms with Gasteiger partial charge in [0.1, 0.15) is 5.75 Å². The molecule has 2 fully saturated rings. The summed E-state index contributed by atoms with van der Waals surface area (Å²) in [5, 5.41) is 23.1. The molecule has 11 nitrogen and oxygen atoms in total. The Hall–Kier alpha value is -3.41. The number of hydrogen-bond acceptors (Lipinski definition) is 10. The van der Waals surface area contributed by atoms with Crippen LogP contribution in [0.3, 0.4) is 0 Å². The Morgan fingerprint density at radius 3 is 2.31 bits per heavy atom. The number of nitrogens with two attached hydrogens (primary N) is 1. The molecule has 0 saturated heterocycles. The Kier molecular flexibility index (Phi) is 8.52. The van der Waals surface area contributed by atoms with Gasteiger partial charge in [-0.3, -0.25) is 28.9 Å². The Morgan fingerprint density at radius 2 is 1.76 bits per heavy atom. The second-order valence-electron chi connectivity index (χ2n) is 12.9.